The first-order valence-electron chi connectivity index (χ1n) is 7.05. The molecule has 0 aliphatic carbocycles. The van der Waals surface area contributed by atoms with Crippen LogP contribution in [-0.2, 0) is 9.05 Å². The molecule has 4 nitrogen and oxygen atoms in total. The van der Waals surface area contributed by atoms with Crippen LogP contribution in [0.2, 0.25) is 0 Å². The van der Waals surface area contributed by atoms with E-state index in [2.05, 4.69) is 13.8 Å². The van der Waals surface area contributed by atoms with Gasteiger partial charge in [-0.25, -0.2) is 8.42 Å². The maximum atomic E-state index is 12.6. The molecule has 0 aromatic heterocycles. The molecule has 1 unspecified atom stereocenters. The van der Waals surface area contributed by atoms with Gasteiger partial charge >= 0.3 is 0 Å². The van der Waals surface area contributed by atoms with Gasteiger partial charge in [0.15, 0.2) is 0 Å². The van der Waals surface area contributed by atoms with Gasteiger partial charge in [0.25, 0.3) is 15.0 Å². The lowest BCUT2D eigenvalue weighted by atomic mass is 10.1. The summed E-state index contributed by atoms with van der Waals surface area (Å²) in [6, 6.07) is 4.35. The molecule has 1 amide bonds. The van der Waals surface area contributed by atoms with Gasteiger partial charge in [-0.15, -0.1) is 0 Å². The number of amides is 1. The van der Waals surface area contributed by atoms with E-state index >= 15 is 0 Å². The van der Waals surface area contributed by atoms with Gasteiger partial charge in [0.2, 0.25) is 0 Å². The number of nitrogens with zero attached hydrogens (tertiary/aromatic N) is 1. The van der Waals surface area contributed by atoms with E-state index < -0.39 is 9.05 Å². The lowest BCUT2D eigenvalue weighted by molar-refractivity contribution is 0.0740. The Balaban J connectivity index is 3.07. The van der Waals surface area contributed by atoms with Crippen LogP contribution in [0.4, 0.5) is 0 Å². The number of hydrogen-bond acceptors (Lipinski definition) is 3. The summed E-state index contributed by atoms with van der Waals surface area (Å²) in [5.74, 6) is 0.352. The first kappa shape index (κ1) is 18.0. The van der Waals surface area contributed by atoms with E-state index in [4.69, 9.17) is 10.7 Å². The Morgan fingerprint density at radius 1 is 1.33 bits per heavy atom. The number of carbonyl (C=O) groups excluding carboxylic acids is 1. The van der Waals surface area contributed by atoms with Crippen molar-refractivity contribution in [1.29, 1.82) is 0 Å². The highest BCUT2D eigenvalue weighted by atomic mass is 35.7. The molecule has 0 aliphatic heterocycles. The lowest BCUT2D eigenvalue weighted by Gasteiger charge is -2.25. The van der Waals surface area contributed by atoms with Gasteiger partial charge < -0.3 is 4.90 Å². The summed E-state index contributed by atoms with van der Waals surface area (Å²) in [4.78, 5) is 14.4. The molecule has 0 N–H and O–H groups in total. The Morgan fingerprint density at radius 2 is 1.95 bits per heavy atom. The maximum absolute atomic E-state index is 12.6. The molecule has 0 fully saturated rings. The van der Waals surface area contributed by atoms with Crippen LogP contribution in [0.15, 0.2) is 23.1 Å². The van der Waals surface area contributed by atoms with Crippen LogP contribution in [0.25, 0.3) is 0 Å². The van der Waals surface area contributed by atoms with Crippen LogP contribution in [0, 0.1) is 12.8 Å². The zero-order valence-electron chi connectivity index (χ0n) is 12.9. The van der Waals surface area contributed by atoms with Gasteiger partial charge in [0.1, 0.15) is 0 Å². The first-order chi connectivity index (χ1) is 9.70. The second-order valence-corrected chi connectivity index (χ2v) is 7.84. The van der Waals surface area contributed by atoms with Crippen LogP contribution < -0.4 is 0 Å². The van der Waals surface area contributed by atoms with E-state index in [-0.39, 0.29) is 10.8 Å². The van der Waals surface area contributed by atoms with Crippen LogP contribution in [0.3, 0.4) is 0 Å². The van der Waals surface area contributed by atoms with Crippen molar-refractivity contribution < 1.29 is 13.2 Å². The fourth-order valence-corrected chi connectivity index (χ4v) is 2.90. The number of halogens is 1. The number of carbonyl (C=O) groups is 1. The molecule has 0 radical (unpaired) electrons. The Labute approximate surface area is 131 Å². The highest BCUT2D eigenvalue weighted by Crippen LogP contribution is 2.20. The maximum Gasteiger partial charge on any atom is 0.261 e. The minimum absolute atomic E-state index is 0.0168. The third kappa shape index (κ3) is 4.71. The summed E-state index contributed by atoms with van der Waals surface area (Å²) in [6.45, 7) is 9.17. The smallest absolute Gasteiger partial charge is 0.261 e. The highest BCUT2D eigenvalue weighted by Gasteiger charge is 2.19. The molecule has 118 valence electrons. The molecule has 1 rings (SSSR count). The number of benzene rings is 1. The second kappa shape index (κ2) is 7.27. The molecule has 1 atom stereocenters. The summed E-state index contributed by atoms with van der Waals surface area (Å²) in [5.41, 5.74) is 1.13. The van der Waals surface area contributed by atoms with Crippen molar-refractivity contribution >= 4 is 25.6 Å². The van der Waals surface area contributed by atoms with Crippen molar-refractivity contribution in [3.8, 4) is 0 Å². The monoisotopic (exact) mass is 331 g/mol. The van der Waals surface area contributed by atoms with Crippen LogP contribution in [0.5, 0.6) is 0 Å². The van der Waals surface area contributed by atoms with Crippen molar-refractivity contribution in [3.63, 3.8) is 0 Å². The lowest BCUT2D eigenvalue weighted by Crippen LogP contribution is -2.34. The van der Waals surface area contributed by atoms with Gasteiger partial charge in [-0.05, 0) is 43.5 Å². The summed E-state index contributed by atoms with van der Waals surface area (Å²) in [6.07, 6.45) is 1.01. The minimum Gasteiger partial charge on any atom is -0.339 e. The Hall–Kier alpha value is -1.07. The molecule has 21 heavy (non-hydrogen) atoms. The summed E-state index contributed by atoms with van der Waals surface area (Å²) < 4.78 is 22.6. The van der Waals surface area contributed by atoms with Crippen molar-refractivity contribution in [3.05, 3.63) is 29.3 Å². The van der Waals surface area contributed by atoms with Crippen LogP contribution in [-0.4, -0.2) is 32.3 Å². The van der Waals surface area contributed by atoms with E-state index in [0.29, 0.717) is 30.1 Å². The van der Waals surface area contributed by atoms with E-state index in [1.165, 1.54) is 18.2 Å². The molecule has 1 aromatic rings. The zero-order chi connectivity index (χ0) is 16.2. The van der Waals surface area contributed by atoms with E-state index in [1.54, 1.807) is 11.8 Å². The van der Waals surface area contributed by atoms with E-state index in [1.807, 2.05) is 6.92 Å². The molecule has 0 aliphatic rings. The Morgan fingerprint density at radius 3 is 2.38 bits per heavy atom. The normalized spacial score (nSPS) is 13.0. The SMILES string of the molecule is CCC(C)CN(CC)C(=O)c1ccc(S(=O)(=O)Cl)cc1C. The van der Waals surface area contributed by atoms with Gasteiger partial charge in [0.05, 0.1) is 4.90 Å². The van der Waals surface area contributed by atoms with E-state index in [0.717, 1.165) is 6.42 Å². The summed E-state index contributed by atoms with van der Waals surface area (Å²) in [5, 5.41) is 0. The fraction of sp³-hybridized carbons (Fsp3) is 0.533. The fourth-order valence-electron chi connectivity index (χ4n) is 2.06. The quantitative estimate of drug-likeness (QED) is 0.750. The third-order valence-electron chi connectivity index (χ3n) is 3.61. The summed E-state index contributed by atoms with van der Waals surface area (Å²) in [7, 11) is 1.55. The van der Waals surface area contributed by atoms with Gasteiger partial charge in [-0.2, -0.15) is 0 Å². The molecular formula is C15H22ClNO3S. The molecular weight excluding hydrogens is 310 g/mol. The Bertz CT molecular complexity index is 613. The molecule has 6 heteroatoms. The molecule has 0 saturated carbocycles. The highest BCUT2D eigenvalue weighted by molar-refractivity contribution is 8.13. The molecule has 0 saturated heterocycles. The number of hydrogen-bond donors (Lipinski definition) is 0. The predicted octanol–water partition coefficient (Wildman–Crippen LogP) is 3.43. The molecule has 0 bridgehead atoms. The third-order valence-corrected chi connectivity index (χ3v) is 4.96. The average Bonchev–Trinajstić information content (AvgIpc) is 2.42. The average molecular weight is 332 g/mol. The van der Waals surface area contributed by atoms with Crippen molar-refractivity contribution in [2.75, 3.05) is 13.1 Å². The molecule has 0 spiro atoms. The number of rotatable bonds is 6. The van der Waals surface area contributed by atoms with Crippen molar-refractivity contribution in [2.45, 2.75) is 39.0 Å². The predicted molar refractivity (Wildman–Crippen MR) is 85.3 cm³/mol. The van der Waals surface area contributed by atoms with Crippen molar-refractivity contribution in [1.82, 2.24) is 4.90 Å². The summed E-state index contributed by atoms with van der Waals surface area (Å²) >= 11 is 0. The van der Waals surface area contributed by atoms with Gasteiger partial charge in [-0.3, -0.25) is 4.79 Å². The number of aryl methyl sites for hydroxylation is 1. The van der Waals surface area contributed by atoms with Crippen molar-refractivity contribution in [2.24, 2.45) is 5.92 Å². The molecule has 0 heterocycles. The van der Waals surface area contributed by atoms with Crippen LogP contribution in [0.1, 0.15) is 43.1 Å². The second-order valence-electron chi connectivity index (χ2n) is 5.27. The van der Waals surface area contributed by atoms with Crippen LogP contribution >= 0.6 is 10.7 Å². The molecule has 1 aromatic carbocycles. The topological polar surface area (TPSA) is 54.5 Å². The van der Waals surface area contributed by atoms with Gasteiger partial charge in [-0.1, -0.05) is 20.3 Å². The standard InChI is InChI=1S/C15H22ClNO3S/c1-5-11(3)10-17(6-2)15(18)14-8-7-13(9-12(14)4)21(16,19)20/h7-9,11H,5-6,10H2,1-4H3. The van der Waals surface area contributed by atoms with E-state index in [9.17, 15) is 13.2 Å². The largest absolute Gasteiger partial charge is 0.339 e. The van der Waals surface area contributed by atoms with Gasteiger partial charge in [0, 0.05) is 29.3 Å². The zero-order valence-corrected chi connectivity index (χ0v) is 14.5. The Kier molecular flexibility index (Phi) is 6.23. The minimum atomic E-state index is -3.77. The first-order valence-corrected chi connectivity index (χ1v) is 9.36.